The van der Waals surface area contributed by atoms with Gasteiger partial charge in [0.15, 0.2) is 0 Å². The fraction of sp³-hybridized carbons (Fsp3) is 0.647. The van der Waals surface area contributed by atoms with Gasteiger partial charge in [-0.25, -0.2) is 0 Å². The molecule has 4 atom stereocenters. The monoisotopic (exact) mass is 260 g/mol. The van der Waals surface area contributed by atoms with Crippen molar-refractivity contribution in [1.82, 2.24) is 4.90 Å². The van der Waals surface area contributed by atoms with E-state index >= 15 is 0 Å². The topological polar surface area (TPSA) is 29.3 Å². The third-order valence-electron chi connectivity index (χ3n) is 4.49. The van der Waals surface area contributed by atoms with Gasteiger partial charge in [0.1, 0.15) is 0 Å². The van der Waals surface area contributed by atoms with Gasteiger partial charge in [-0.15, -0.1) is 0 Å². The molecular weight excluding hydrogens is 232 g/mol. The van der Waals surface area contributed by atoms with E-state index in [9.17, 15) is 0 Å². The summed E-state index contributed by atoms with van der Waals surface area (Å²) in [7, 11) is 2.22. The van der Waals surface area contributed by atoms with Crippen LogP contribution in [0.15, 0.2) is 24.3 Å². The Morgan fingerprint density at radius 1 is 1.26 bits per heavy atom. The third-order valence-corrected chi connectivity index (χ3v) is 4.49. The lowest BCUT2D eigenvalue weighted by Crippen LogP contribution is -2.53. The minimum Gasteiger partial charge on any atom is -0.326 e. The molecule has 2 heteroatoms. The highest BCUT2D eigenvalue weighted by molar-refractivity contribution is 5.22. The molecule has 0 heterocycles. The summed E-state index contributed by atoms with van der Waals surface area (Å²) in [6.07, 6.45) is 2.46. The van der Waals surface area contributed by atoms with Crippen LogP contribution in [0.3, 0.4) is 0 Å². The third kappa shape index (κ3) is 3.58. The molecule has 1 aliphatic carbocycles. The van der Waals surface area contributed by atoms with Gasteiger partial charge in [0.25, 0.3) is 0 Å². The van der Waals surface area contributed by atoms with Gasteiger partial charge >= 0.3 is 0 Å². The van der Waals surface area contributed by atoms with Crippen LogP contribution in [0.5, 0.6) is 0 Å². The molecule has 1 saturated carbocycles. The summed E-state index contributed by atoms with van der Waals surface area (Å²) in [6.45, 7) is 7.83. The summed E-state index contributed by atoms with van der Waals surface area (Å²) in [5.74, 6) is 1.46. The molecule has 1 aromatic carbocycles. The van der Waals surface area contributed by atoms with Crippen LogP contribution in [-0.4, -0.2) is 24.0 Å². The Kier molecular flexibility index (Phi) is 4.64. The second kappa shape index (κ2) is 6.06. The van der Waals surface area contributed by atoms with Gasteiger partial charge in [0, 0.05) is 18.6 Å². The molecule has 2 nitrogen and oxygen atoms in total. The van der Waals surface area contributed by atoms with E-state index in [0.717, 1.165) is 18.9 Å². The maximum Gasteiger partial charge on any atom is 0.0273 e. The highest BCUT2D eigenvalue weighted by atomic mass is 15.2. The lowest BCUT2D eigenvalue weighted by Gasteiger charge is -2.43. The van der Waals surface area contributed by atoms with Gasteiger partial charge < -0.3 is 5.73 Å². The van der Waals surface area contributed by atoms with Crippen molar-refractivity contribution in [2.45, 2.75) is 52.2 Å². The van der Waals surface area contributed by atoms with Crippen molar-refractivity contribution in [3.05, 3.63) is 35.4 Å². The first-order valence-corrected chi connectivity index (χ1v) is 7.48. The van der Waals surface area contributed by atoms with Gasteiger partial charge in [-0.1, -0.05) is 43.7 Å². The predicted molar refractivity (Wildman–Crippen MR) is 82.0 cm³/mol. The molecule has 1 aliphatic rings. The highest BCUT2D eigenvalue weighted by Crippen LogP contribution is 2.31. The summed E-state index contributed by atoms with van der Waals surface area (Å²) < 4.78 is 0. The summed E-state index contributed by atoms with van der Waals surface area (Å²) in [5.41, 5.74) is 9.13. The van der Waals surface area contributed by atoms with Crippen molar-refractivity contribution in [2.75, 3.05) is 7.05 Å². The molecule has 0 radical (unpaired) electrons. The molecule has 2 N–H and O–H groups in total. The number of aryl methyl sites for hydroxylation is 1. The van der Waals surface area contributed by atoms with Crippen molar-refractivity contribution in [2.24, 2.45) is 17.6 Å². The molecule has 1 fully saturated rings. The summed E-state index contributed by atoms with van der Waals surface area (Å²) >= 11 is 0. The second-order valence-corrected chi connectivity index (χ2v) is 6.61. The van der Waals surface area contributed by atoms with Crippen molar-refractivity contribution in [1.29, 1.82) is 0 Å². The van der Waals surface area contributed by atoms with Gasteiger partial charge in [-0.05, 0) is 44.2 Å². The first kappa shape index (κ1) is 14.5. The minimum absolute atomic E-state index is 0.313. The van der Waals surface area contributed by atoms with E-state index in [0.29, 0.717) is 18.0 Å². The lowest BCUT2D eigenvalue weighted by molar-refractivity contribution is 0.0911. The number of nitrogens with zero attached hydrogens (tertiary/aromatic N) is 1. The first-order valence-electron chi connectivity index (χ1n) is 7.48. The van der Waals surface area contributed by atoms with Crippen LogP contribution in [0, 0.1) is 18.8 Å². The molecule has 0 amide bonds. The Balaban J connectivity index is 2.04. The van der Waals surface area contributed by atoms with Crippen molar-refractivity contribution in [3.63, 3.8) is 0 Å². The van der Waals surface area contributed by atoms with Crippen molar-refractivity contribution >= 4 is 0 Å². The van der Waals surface area contributed by atoms with E-state index in [4.69, 9.17) is 5.73 Å². The maximum absolute atomic E-state index is 6.40. The largest absolute Gasteiger partial charge is 0.326 e. The van der Waals surface area contributed by atoms with E-state index in [1.54, 1.807) is 0 Å². The quantitative estimate of drug-likeness (QED) is 0.904. The van der Waals surface area contributed by atoms with Gasteiger partial charge in [0.05, 0.1) is 0 Å². The maximum atomic E-state index is 6.40. The number of nitrogens with two attached hydrogens (primary N) is 1. The SMILES string of the molecule is Cc1cccc(CN(C)C2C(C)CC(C)CC2N)c1. The molecule has 4 unspecified atom stereocenters. The average molecular weight is 260 g/mol. The van der Waals surface area contributed by atoms with Crippen molar-refractivity contribution < 1.29 is 0 Å². The molecule has 0 saturated heterocycles. The molecule has 0 bridgehead atoms. The van der Waals surface area contributed by atoms with Crippen LogP contribution in [0.1, 0.15) is 37.8 Å². The predicted octanol–water partition coefficient (Wildman–Crippen LogP) is 3.19. The molecular formula is C17H28N2. The lowest BCUT2D eigenvalue weighted by atomic mass is 9.76. The standard InChI is InChI=1S/C17H28N2/c1-12-6-5-7-15(9-12)11-19(4)17-14(3)8-13(2)10-16(17)18/h5-7,9,13-14,16-17H,8,10-11,18H2,1-4H3. The smallest absolute Gasteiger partial charge is 0.0273 e. The molecule has 0 aliphatic heterocycles. The Hall–Kier alpha value is -0.860. The van der Waals surface area contributed by atoms with E-state index in [2.05, 4.69) is 57.0 Å². The molecule has 19 heavy (non-hydrogen) atoms. The number of benzene rings is 1. The molecule has 106 valence electrons. The molecule has 2 rings (SSSR count). The Bertz CT molecular complexity index is 403. The second-order valence-electron chi connectivity index (χ2n) is 6.61. The van der Waals surface area contributed by atoms with Crippen molar-refractivity contribution in [3.8, 4) is 0 Å². The Morgan fingerprint density at radius 3 is 2.63 bits per heavy atom. The zero-order valence-corrected chi connectivity index (χ0v) is 12.8. The number of hydrogen-bond donors (Lipinski definition) is 1. The zero-order chi connectivity index (χ0) is 14.0. The van der Waals surface area contributed by atoms with Gasteiger partial charge in [-0.2, -0.15) is 0 Å². The Morgan fingerprint density at radius 2 is 2.00 bits per heavy atom. The fourth-order valence-corrected chi connectivity index (χ4v) is 3.86. The number of likely N-dealkylation sites (N-methyl/N-ethyl adjacent to an activating group) is 1. The Labute approximate surface area is 118 Å². The normalized spacial score (nSPS) is 31.7. The van der Waals surface area contributed by atoms with Gasteiger partial charge in [-0.3, -0.25) is 4.90 Å². The van der Waals surface area contributed by atoms with Crippen LogP contribution in [-0.2, 0) is 6.54 Å². The summed E-state index contributed by atoms with van der Waals surface area (Å²) in [5, 5.41) is 0. The zero-order valence-electron chi connectivity index (χ0n) is 12.8. The average Bonchev–Trinajstić information content (AvgIpc) is 2.27. The first-order chi connectivity index (χ1) is 8.97. The molecule has 1 aromatic rings. The van der Waals surface area contributed by atoms with E-state index in [1.165, 1.54) is 17.5 Å². The molecule has 0 spiro atoms. The van der Waals surface area contributed by atoms with E-state index in [-0.39, 0.29) is 0 Å². The van der Waals surface area contributed by atoms with Gasteiger partial charge in [0.2, 0.25) is 0 Å². The minimum atomic E-state index is 0.313. The van der Waals surface area contributed by atoms with E-state index in [1.807, 2.05) is 0 Å². The molecule has 0 aromatic heterocycles. The number of hydrogen-bond acceptors (Lipinski definition) is 2. The number of rotatable bonds is 3. The van der Waals surface area contributed by atoms with Crippen LogP contribution in [0.4, 0.5) is 0 Å². The van der Waals surface area contributed by atoms with E-state index < -0.39 is 0 Å². The highest BCUT2D eigenvalue weighted by Gasteiger charge is 2.34. The fourth-order valence-electron chi connectivity index (χ4n) is 3.86. The van der Waals surface area contributed by atoms with Crippen LogP contribution in [0.2, 0.25) is 0 Å². The van der Waals surface area contributed by atoms with Crippen LogP contribution < -0.4 is 5.73 Å². The summed E-state index contributed by atoms with van der Waals surface area (Å²) in [4.78, 5) is 2.45. The van der Waals surface area contributed by atoms with Crippen LogP contribution >= 0.6 is 0 Å². The summed E-state index contributed by atoms with van der Waals surface area (Å²) in [6, 6.07) is 9.61. The van der Waals surface area contributed by atoms with Crippen LogP contribution in [0.25, 0.3) is 0 Å².